The second kappa shape index (κ2) is 6.88. The molecule has 0 radical (unpaired) electrons. The van der Waals surface area contributed by atoms with Crippen molar-refractivity contribution in [2.24, 2.45) is 0 Å². The summed E-state index contributed by atoms with van der Waals surface area (Å²) in [5, 5.41) is 0. The number of nitrogens with two attached hydrogens (primary N) is 1. The van der Waals surface area contributed by atoms with E-state index < -0.39 is 7.19 Å². The first-order valence-corrected chi connectivity index (χ1v) is 11.7. The molecule has 26 heavy (non-hydrogen) atoms. The highest BCUT2D eigenvalue weighted by Crippen LogP contribution is 2.59. The highest BCUT2D eigenvalue weighted by Gasteiger charge is 2.40. The zero-order valence-corrected chi connectivity index (χ0v) is 16.9. The van der Waals surface area contributed by atoms with Gasteiger partial charge in [-0.3, -0.25) is 9.34 Å². The van der Waals surface area contributed by atoms with Crippen molar-refractivity contribution in [3.63, 3.8) is 0 Å². The average molecular weight is 367 g/mol. The summed E-state index contributed by atoms with van der Waals surface area (Å²) in [5.41, 5.74) is 13.9. The van der Waals surface area contributed by atoms with E-state index in [1.807, 2.05) is 0 Å². The van der Waals surface area contributed by atoms with Gasteiger partial charge in [0.15, 0.2) is 0 Å². The standard InChI is InChI=1S/C22H30N3P/c1-17-4-5-20(14-18(17)2)16-21-15-19(6-7-22(21)23)8-13-26(3,24-9-10-24)25-11-12-25/h4-7,14-15H,3,8-13,16,23H2,1-2H3. The molecule has 0 amide bonds. The molecule has 2 saturated heterocycles. The van der Waals surface area contributed by atoms with Crippen molar-refractivity contribution in [1.82, 2.24) is 9.34 Å². The summed E-state index contributed by atoms with van der Waals surface area (Å²) in [6.07, 6.45) is 7.88. The van der Waals surface area contributed by atoms with Gasteiger partial charge in [-0.1, -0.05) is 36.6 Å². The topological polar surface area (TPSA) is 32.0 Å². The van der Waals surface area contributed by atoms with Gasteiger partial charge in [-0.25, -0.2) is 0 Å². The van der Waals surface area contributed by atoms with Gasteiger partial charge in [-0.2, -0.15) is 0 Å². The molecule has 0 unspecified atom stereocenters. The van der Waals surface area contributed by atoms with E-state index in [0.717, 1.165) is 18.5 Å². The van der Waals surface area contributed by atoms with Gasteiger partial charge >= 0.3 is 0 Å². The van der Waals surface area contributed by atoms with Crippen LogP contribution in [0.25, 0.3) is 0 Å². The van der Waals surface area contributed by atoms with Gasteiger partial charge in [0.2, 0.25) is 0 Å². The highest BCUT2D eigenvalue weighted by molar-refractivity contribution is 7.69. The summed E-state index contributed by atoms with van der Waals surface area (Å²) in [6, 6.07) is 13.3. The lowest BCUT2D eigenvalue weighted by atomic mass is 9.98. The van der Waals surface area contributed by atoms with Crippen molar-refractivity contribution in [2.75, 3.05) is 38.1 Å². The fourth-order valence-electron chi connectivity index (χ4n) is 3.70. The monoisotopic (exact) mass is 367 g/mol. The molecule has 3 nitrogen and oxygen atoms in total. The smallest absolute Gasteiger partial charge is 0.0350 e. The minimum Gasteiger partial charge on any atom is -0.398 e. The number of aryl methyl sites for hydroxylation is 3. The first-order valence-electron chi connectivity index (χ1n) is 9.62. The molecule has 2 aromatic rings. The van der Waals surface area contributed by atoms with E-state index in [1.54, 1.807) is 0 Å². The third kappa shape index (κ3) is 3.76. The third-order valence-electron chi connectivity index (χ3n) is 5.83. The quantitative estimate of drug-likeness (QED) is 0.457. The maximum atomic E-state index is 6.28. The molecule has 2 aromatic carbocycles. The summed E-state index contributed by atoms with van der Waals surface area (Å²) in [5.74, 6) is 0. The largest absolute Gasteiger partial charge is 0.398 e. The lowest BCUT2D eigenvalue weighted by Gasteiger charge is -2.27. The van der Waals surface area contributed by atoms with Gasteiger partial charge in [0.05, 0.1) is 0 Å². The number of rotatable bonds is 7. The Morgan fingerprint density at radius 2 is 1.58 bits per heavy atom. The van der Waals surface area contributed by atoms with Crippen LogP contribution in [-0.4, -0.2) is 48.0 Å². The van der Waals surface area contributed by atoms with Gasteiger partial charge in [0.1, 0.15) is 0 Å². The van der Waals surface area contributed by atoms with Gasteiger partial charge in [0, 0.05) is 39.1 Å². The summed E-state index contributed by atoms with van der Waals surface area (Å²) >= 11 is 0. The summed E-state index contributed by atoms with van der Waals surface area (Å²) in [4.78, 5) is 0. The van der Waals surface area contributed by atoms with Gasteiger partial charge in [0.25, 0.3) is 0 Å². The van der Waals surface area contributed by atoms with Gasteiger partial charge < -0.3 is 5.73 Å². The molecule has 0 saturated carbocycles. The predicted molar refractivity (Wildman–Crippen MR) is 115 cm³/mol. The Morgan fingerprint density at radius 1 is 0.923 bits per heavy atom. The molecule has 138 valence electrons. The van der Waals surface area contributed by atoms with Crippen molar-refractivity contribution < 1.29 is 0 Å². The fraction of sp³-hybridized carbons (Fsp3) is 0.409. The first kappa shape index (κ1) is 17.9. The molecular weight excluding hydrogens is 337 g/mol. The third-order valence-corrected chi connectivity index (χ3v) is 9.68. The Bertz CT molecular complexity index is 850. The van der Waals surface area contributed by atoms with Gasteiger partial charge in [-0.05, 0) is 66.7 Å². The number of nitrogen functional groups attached to an aromatic ring is 1. The number of benzene rings is 2. The predicted octanol–water partition coefficient (Wildman–Crippen LogP) is 3.93. The first-order chi connectivity index (χ1) is 12.5. The maximum absolute atomic E-state index is 6.28. The molecule has 2 heterocycles. The molecule has 0 bridgehead atoms. The van der Waals surface area contributed by atoms with Crippen LogP contribution in [0.15, 0.2) is 36.4 Å². The zero-order chi connectivity index (χ0) is 18.3. The van der Waals surface area contributed by atoms with Crippen LogP contribution in [-0.2, 0) is 12.8 Å². The summed E-state index contributed by atoms with van der Waals surface area (Å²) < 4.78 is 5.21. The van der Waals surface area contributed by atoms with Crippen molar-refractivity contribution in [1.29, 1.82) is 0 Å². The Balaban J connectivity index is 1.48. The van der Waals surface area contributed by atoms with Crippen LogP contribution < -0.4 is 5.73 Å². The number of nitrogens with zero attached hydrogens (tertiary/aromatic N) is 2. The number of anilines is 1. The maximum Gasteiger partial charge on any atom is 0.0350 e. The van der Waals surface area contributed by atoms with Crippen molar-refractivity contribution in [3.05, 3.63) is 64.2 Å². The molecule has 0 aromatic heterocycles. The average Bonchev–Trinajstić information content (AvgIpc) is 3.49. The van der Waals surface area contributed by atoms with E-state index in [9.17, 15) is 0 Å². The minimum absolute atomic E-state index is 0.902. The normalized spacial score (nSPS) is 17.5. The second-order valence-electron chi connectivity index (χ2n) is 7.89. The van der Waals surface area contributed by atoms with Crippen LogP contribution in [0.4, 0.5) is 5.69 Å². The van der Waals surface area contributed by atoms with Crippen molar-refractivity contribution in [3.8, 4) is 0 Å². The molecule has 0 atom stereocenters. The molecule has 4 rings (SSSR count). The molecule has 0 aliphatic carbocycles. The summed E-state index contributed by atoms with van der Waals surface area (Å²) in [7, 11) is -1.28. The van der Waals surface area contributed by atoms with E-state index in [1.165, 1.54) is 60.2 Å². The van der Waals surface area contributed by atoms with E-state index in [0.29, 0.717) is 0 Å². The molecule has 2 aliphatic rings. The van der Waals surface area contributed by atoms with Crippen LogP contribution in [0.1, 0.15) is 27.8 Å². The SMILES string of the molecule is C=P(CCc1ccc(N)c(Cc2ccc(C)c(C)c2)c1)(N1CC1)N1CC1. The van der Waals surface area contributed by atoms with Crippen LogP contribution >= 0.6 is 7.19 Å². The molecule has 0 spiro atoms. The Morgan fingerprint density at radius 3 is 2.19 bits per heavy atom. The Labute approximate surface area is 157 Å². The number of hydrogen-bond acceptors (Lipinski definition) is 3. The van der Waals surface area contributed by atoms with Gasteiger partial charge in [-0.15, -0.1) is 0 Å². The van der Waals surface area contributed by atoms with Crippen LogP contribution in [0.5, 0.6) is 0 Å². The number of hydrogen-bond donors (Lipinski definition) is 1. The fourth-order valence-corrected chi connectivity index (χ4v) is 6.91. The molecule has 4 heteroatoms. The highest BCUT2D eigenvalue weighted by atomic mass is 31.2. The van der Waals surface area contributed by atoms with E-state index in [-0.39, 0.29) is 0 Å². The molecule has 2 fully saturated rings. The second-order valence-corrected chi connectivity index (χ2v) is 11.2. The van der Waals surface area contributed by atoms with Crippen molar-refractivity contribution in [2.45, 2.75) is 26.7 Å². The van der Waals surface area contributed by atoms with E-state index in [4.69, 9.17) is 5.73 Å². The van der Waals surface area contributed by atoms with Crippen molar-refractivity contribution >= 4 is 19.2 Å². The molecule has 2 aliphatic heterocycles. The lowest BCUT2D eigenvalue weighted by Crippen LogP contribution is -2.10. The van der Waals surface area contributed by atoms with Crippen LogP contribution in [0.3, 0.4) is 0 Å². The van der Waals surface area contributed by atoms with E-state index in [2.05, 4.69) is 65.9 Å². The van der Waals surface area contributed by atoms with Crippen LogP contribution in [0.2, 0.25) is 0 Å². The minimum atomic E-state index is -1.28. The van der Waals surface area contributed by atoms with Crippen LogP contribution in [0, 0.1) is 13.8 Å². The Hall–Kier alpha value is -1.54. The van der Waals surface area contributed by atoms with E-state index >= 15 is 0 Å². The molecule has 2 N–H and O–H groups in total. The Kier molecular flexibility index (Phi) is 4.73. The lowest BCUT2D eigenvalue weighted by molar-refractivity contribution is 0.780. The molecular formula is C22H30N3P. The summed E-state index contributed by atoms with van der Waals surface area (Å²) in [6.45, 7) is 9.31. The zero-order valence-electron chi connectivity index (χ0n) is 16.0.